The van der Waals surface area contributed by atoms with Crippen molar-refractivity contribution >= 4 is 40.0 Å². The van der Waals surface area contributed by atoms with Crippen LogP contribution in [0.2, 0.25) is 0 Å². The van der Waals surface area contributed by atoms with Crippen molar-refractivity contribution in [1.29, 1.82) is 0 Å². The highest BCUT2D eigenvalue weighted by molar-refractivity contribution is 14.0. The Morgan fingerprint density at radius 1 is 1.23 bits per heavy atom. The number of nitrogens with one attached hydrogen (secondary N) is 3. The van der Waals surface area contributed by atoms with E-state index in [1.165, 1.54) is 6.42 Å². The molecule has 172 valence electrons. The van der Waals surface area contributed by atoms with Crippen LogP contribution in [-0.4, -0.2) is 50.0 Å². The summed E-state index contributed by atoms with van der Waals surface area (Å²) in [6.07, 6.45) is 3.45. The van der Waals surface area contributed by atoms with E-state index < -0.39 is 10.0 Å². The molecule has 0 saturated heterocycles. The number of guanidine groups is 1. The fourth-order valence-electron chi connectivity index (χ4n) is 3.46. The average Bonchev–Trinajstić information content (AvgIpc) is 3.01. The van der Waals surface area contributed by atoms with Gasteiger partial charge in [0.15, 0.2) is 5.96 Å². The standard InChI is InChI=1S/C21H32N6O2S.HI/c1-16-13-17(2)27(26-16)20-10-5-4-9-19(20)15-24-21(22-3)23-11-12-30(28,29)25-14-18-7-6-8-18;/h4-5,9-10,13,18,25H,6-8,11-12,14-15H2,1-3H3,(H2,22,23,24);1H. The molecule has 0 aliphatic heterocycles. The highest BCUT2D eigenvalue weighted by atomic mass is 127. The van der Waals surface area contributed by atoms with Crippen LogP contribution in [0, 0.1) is 19.8 Å². The minimum Gasteiger partial charge on any atom is -0.355 e. The van der Waals surface area contributed by atoms with E-state index in [1.807, 2.05) is 48.9 Å². The Kier molecular flexibility index (Phi) is 9.76. The first-order valence-corrected chi connectivity index (χ1v) is 12.1. The molecule has 0 unspecified atom stereocenters. The molecular weight excluding hydrogens is 527 g/mol. The summed E-state index contributed by atoms with van der Waals surface area (Å²) in [7, 11) is -1.60. The summed E-state index contributed by atoms with van der Waals surface area (Å²) in [6, 6.07) is 10.1. The lowest BCUT2D eigenvalue weighted by molar-refractivity contribution is 0.316. The Bertz CT molecular complexity index is 986. The number of aromatic nitrogens is 2. The van der Waals surface area contributed by atoms with Gasteiger partial charge in [0.05, 0.1) is 17.1 Å². The van der Waals surface area contributed by atoms with Crippen LogP contribution < -0.4 is 15.4 Å². The van der Waals surface area contributed by atoms with Crippen LogP contribution in [-0.2, 0) is 16.6 Å². The topological polar surface area (TPSA) is 100 Å². The lowest BCUT2D eigenvalue weighted by Gasteiger charge is -2.25. The number of hydrogen-bond acceptors (Lipinski definition) is 4. The first kappa shape index (κ1) is 25.6. The summed E-state index contributed by atoms with van der Waals surface area (Å²) in [4.78, 5) is 4.20. The molecule has 8 nitrogen and oxygen atoms in total. The molecule has 1 aliphatic carbocycles. The summed E-state index contributed by atoms with van der Waals surface area (Å²) in [5.74, 6) is 1.08. The van der Waals surface area contributed by atoms with Gasteiger partial charge in [-0.15, -0.1) is 24.0 Å². The van der Waals surface area contributed by atoms with Crippen molar-refractivity contribution in [3.05, 3.63) is 47.3 Å². The first-order valence-electron chi connectivity index (χ1n) is 10.4. The average molecular weight is 561 g/mol. The Morgan fingerprint density at radius 2 is 1.97 bits per heavy atom. The van der Waals surface area contributed by atoms with Crippen LogP contribution in [0.15, 0.2) is 35.3 Å². The van der Waals surface area contributed by atoms with Crippen molar-refractivity contribution in [3.63, 3.8) is 0 Å². The van der Waals surface area contributed by atoms with Gasteiger partial charge >= 0.3 is 0 Å². The summed E-state index contributed by atoms with van der Waals surface area (Å²) in [5.41, 5.74) is 4.12. The highest BCUT2D eigenvalue weighted by Crippen LogP contribution is 2.25. The second kappa shape index (κ2) is 11.8. The van der Waals surface area contributed by atoms with Gasteiger partial charge in [0, 0.05) is 32.4 Å². The third kappa shape index (κ3) is 7.46. The van der Waals surface area contributed by atoms with Crippen molar-refractivity contribution in [2.75, 3.05) is 25.9 Å². The van der Waals surface area contributed by atoms with Gasteiger partial charge in [-0.3, -0.25) is 4.99 Å². The molecular formula is C21H33IN6O2S. The van der Waals surface area contributed by atoms with Crippen molar-refractivity contribution in [2.45, 2.75) is 39.7 Å². The van der Waals surface area contributed by atoms with E-state index >= 15 is 0 Å². The maximum Gasteiger partial charge on any atom is 0.213 e. The van der Waals surface area contributed by atoms with Gasteiger partial charge < -0.3 is 10.6 Å². The number of para-hydroxylation sites is 1. The number of sulfonamides is 1. The molecule has 3 rings (SSSR count). The second-order valence-corrected chi connectivity index (χ2v) is 9.71. The van der Waals surface area contributed by atoms with Gasteiger partial charge in [-0.05, 0) is 50.3 Å². The van der Waals surface area contributed by atoms with E-state index in [-0.39, 0.29) is 29.7 Å². The molecule has 1 aromatic carbocycles. The van der Waals surface area contributed by atoms with Crippen LogP contribution in [0.5, 0.6) is 0 Å². The van der Waals surface area contributed by atoms with Gasteiger partial charge in [0.2, 0.25) is 10.0 Å². The van der Waals surface area contributed by atoms with Gasteiger partial charge in [-0.25, -0.2) is 17.8 Å². The van der Waals surface area contributed by atoms with E-state index in [0.29, 0.717) is 31.5 Å². The van der Waals surface area contributed by atoms with Crippen molar-refractivity contribution < 1.29 is 8.42 Å². The number of nitrogens with zero attached hydrogens (tertiary/aromatic N) is 3. The number of aliphatic imine (C=N–C) groups is 1. The molecule has 1 aliphatic rings. The highest BCUT2D eigenvalue weighted by Gasteiger charge is 2.20. The van der Waals surface area contributed by atoms with Gasteiger partial charge in [0.25, 0.3) is 0 Å². The lowest BCUT2D eigenvalue weighted by Crippen LogP contribution is -2.41. The lowest BCUT2D eigenvalue weighted by atomic mass is 9.86. The molecule has 1 heterocycles. The van der Waals surface area contributed by atoms with Crippen molar-refractivity contribution in [1.82, 2.24) is 25.1 Å². The quantitative estimate of drug-likeness (QED) is 0.249. The van der Waals surface area contributed by atoms with E-state index in [9.17, 15) is 8.42 Å². The normalized spacial score (nSPS) is 14.6. The van der Waals surface area contributed by atoms with Crippen LogP contribution in [0.3, 0.4) is 0 Å². The third-order valence-corrected chi connectivity index (χ3v) is 6.73. The van der Waals surface area contributed by atoms with Crippen LogP contribution in [0.1, 0.15) is 36.2 Å². The molecule has 3 N–H and O–H groups in total. The maximum atomic E-state index is 12.1. The van der Waals surface area contributed by atoms with Gasteiger partial charge in [-0.2, -0.15) is 5.10 Å². The van der Waals surface area contributed by atoms with Gasteiger partial charge in [0.1, 0.15) is 0 Å². The van der Waals surface area contributed by atoms with Gasteiger partial charge in [-0.1, -0.05) is 24.6 Å². The molecule has 10 heteroatoms. The molecule has 0 amide bonds. The molecule has 1 aromatic heterocycles. The molecule has 0 atom stereocenters. The largest absolute Gasteiger partial charge is 0.355 e. The molecule has 1 fully saturated rings. The van der Waals surface area contributed by atoms with E-state index in [2.05, 4.69) is 25.4 Å². The summed E-state index contributed by atoms with van der Waals surface area (Å²) in [5, 5.41) is 10.9. The summed E-state index contributed by atoms with van der Waals surface area (Å²) >= 11 is 0. The van der Waals surface area contributed by atoms with Crippen molar-refractivity contribution in [3.8, 4) is 5.69 Å². The fraction of sp³-hybridized carbons (Fsp3) is 0.524. The van der Waals surface area contributed by atoms with Crippen LogP contribution >= 0.6 is 24.0 Å². The van der Waals surface area contributed by atoms with E-state index in [0.717, 1.165) is 35.5 Å². The minimum atomic E-state index is -3.28. The number of hydrogen-bond donors (Lipinski definition) is 3. The molecule has 0 radical (unpaired) electrons. The number of benzene rings is 1. The second-order valence-electron chi connectivity index (χ2n) is 7.78. The molecule has 0 spiro atoms. The number of halogens is 1. The van der Waals surface area contributed by atoms with Crippen LogP contribution in [0.25, 0.3) is 5.69 Å². The zero-order valence-electron chi connectivity index (χ0n) is 18.4. The Labute approximate surface area is 202 Å². The molecule has 2 aromatic rings. The monoisotopic (exact) mass is 560 g/mol. The first-order chi connectivity index (χ1) is 14.4. The summed E-state index contributed by atoms with van der Waals surface area (Å²) in [6.45, 7) is 5.40. The zero-order chi connectivity index (χ0) is 21.6. The summed E-state index contributed by atoms with van der Waals surface area (Å²) < 4.78 is 28.9. The van der Waals surface area contributed by atoms with E-state index in [4.69, 9.17) is 0 Å². The smallest absolute Gasteiger partial charge is 0.213 e. The zero-order valence-corrected chi connectivity index (χ0v) is 21.5. The van der Waals surface area contributed by atoms with Crippen molar-refractivity contribution in [2.24, 2.45) is 10.9 Å². The molecule has 1 saturated carbocycles. The predicted molar refractivity (Wildman–Crippen MR) is 136 cm³/mol. The Morgan fingerprint density at radius 3 is 2.58 bits per heavy atom. The fourth-order valence-corrected chi connectivity index (χ4v) is 4.46. The predicted octanol–water partition coefficient (Wildman–Crippen LogP) is 2.49. The minimum absolute atomic E-state index is 0. The Hall–Kier alpha value is -1.66. The molecule has 0 bridgehead atoms. The van der Waals surface area contributed by atoms with E-state index in [1.54, 1.807) is 7.05 Å². The third-order valence-electron chi connectivity index (χ3n) is 5.38. The molecule has 31 heavy (non-hydrogen) atoms. The van der Waals surface area contributed by atoms with Crippen LogP contribution in [0.4, 0.5) is 0 Å². The Balaban J connectivity index is 0.00000341. The number of aryl methyl sites for hydroxylation is 2. The SMILES string of the molecule is CN=C(NCCS(=O)(=O)NCC1CCC1)NCc1ccccc1-n1nc(C)cc1C.I. The number of rotatable bonds is 9. The maximum absolute atomic E-state index is 12.1.